The number of rotatable bonds is 2. The second-order valence-electron chi connectivity index (χ2n) is 4.14. The summed E-state index contributed by atoms with van der Waals surface area (Å²) in [4.78, 5) is 0. The van der Waals surface area contributed by atoms with Gasteiger partial charge >= 0.3 is 0 Å². The highest BCUT2D eigenvalue weighted by molar-refractivity contribution is 6.32. The van der Waals surface area contributed by atoms with Crippen molar-refractivity contribution in [1.82, 2.24) is 0 Å². The molecule has 16 heavy (non-hydrogen) atoms. The van der Waals surface area contributed by atoms with E-state index < -0.39 is 5.79 Å². The normalized spacial score (nSPS) is 22.4. The van der Waals surface area contributed by atoms with Gasteiger partial charge in [-0.3, -0.25) is 0 Å². The van der Waals surface area contributed by atoms with Crippen molar-refractivity contribution >= 4 is 11.6 Å². The molecule has 1 aromatic rings. The van der Waals surface area contributed by atoms with E-state index in [-0.39, 0.29) is 6.10 Å². The third-order valence-corrected chi connectivity index (χ3v) is 3.49. The fraction of sp³-hybridized carbons (Fsp3) is 0.538. The average molecular weight is 241 g/mol. The van der Waals surface area contributed by atoms with Gasteiger partial charge in [-0.2, -0.15) is 0 Å². The molecule has 0 N–H and O–H groups in total. The first-order valence-electron chi connectivity index (χ1n) is 5.77. The number of hydrogen-bond donors (Lipinski definition) is 0. The van der Waals surface area contributed by atoms with E-state index in [1.54, 1.807) is 0 Å². The van der Waals surface area contributed by atoms with Crippen molar-refractivity contribution in [2.45, 2.75) is 45.5 Å². The highest BCUT2D eigenvalue weighted by Crippen LogP contribution is 2.44. The number of benzene rings is 1. The second kappa shape index (κ2) is 4.27. The van der Waals surface area contributed by atoms with Gasteiger partial charge in [0.25, 0.3) is 0 Å². The van der Waals surface area contributed by atoms with Crippen molar-refractivity contribution in [1.29, 1.82) is 0 Å². The lowest BCUT2D eigenvalue weighted by Gasteiger charge is -2.40. The molecule has 1 aliphatic rings. The SMILES string of the molecule is CCC1(CC)Oc2c(Cl)cccc2[C@@H](C)O1. The van der Waals surface area contributed by atoms with E-state index in [9.17, 15) is 0 Å². The molecule has 0 saturated heterocycles. The Morgan fingerprint density at radius 2 is 2.00 bits per heavy atom. The first-order valence-corrected chi connectivity index (χ1v) is 6.15. The van der Waals surface area contributed by atoms with Gasteiger partial charge in [0.1, 0.15) is 5.75 Å². The zero-order valence-electron chi connectivity index (χ0n) is 9.92. The van der Waals surface area contributed by atoms with Crippen molar-refractivity contribution in [3.63, 3.8) is 0 Å². The van der Waals surface area contributed by atoms with Gasteiger partial charge in [-0.15, -0.1) is 0 Å². The van der Waals surface area contributed by atoms with Crippen molar-refractivity contribution in [3.05, 3.63) is 28.8 Å². The minimum Gasteiger partial charge on any atom is -0.460 e. The zero-order chi connectivity index (χ0) is 11.8. The molecule has 0 radical (unpaired) electrons. The maximum atomic E-state index is 6.17. The molecule has 0 saturated carbocycles. The fourth-order valence-corrected chi connectivity index (χ4v) is 2.33. The summed E-state index contributed by atoms with van der Waals surface area (Å²) in [5.41, 5.74) is 1.03. The minimum absolute atomic E-state index is 0.0300. The molecule has 1 aliphatic heterocycles. The predicted molar refractivity (Wildman–Crippen MR) is 64.9 cm³/mol. The average Bonchev–Trinajstić information content (AvgIpc) is 2.30. The van der Waals surface area contributed by atoms with E-state index in [1.807, 2.05) is 25.1 Å². The third-order valence-electron chi connectivity index (χ3n) is 3.19. The van der Waals surface area contributed by atoms with E-state index >= 15 is 0 Å². The van der Waals surface area contributed by atoms with Gasteiger partial charge in [-0.1, -0.05) is 37.6 Å². The number of hydrogen-bond acceptors (Lipinski definition) is 2. The van der Waals surface area contributed by atoms with Crippen LogP contribution >= 0.6 is 11.6 Å². The molecular weight excluding hydrogens is 224 g/mol. The first-order chi connectivity index (χ1) is 7.62. The van der Waals surface area contributed by atoms with Crippen LogP contribution in [0.1, 0.15) is 45.3 Å². The van der Waals surface area contributed by atoms with E-state index in [4.69, 9.17) is 21.1 Å². The molecule has 88 valence electrons. The lowest BCUT2D eigenvalue weighted by molar-refractivity contribution is -0.229. The van der Waals surface area contributed by atoms with Gasteiger partial charge in [-0.25, -0.2) is 0 Å². The van der Waals surface area contributed by atoms with E-state index in [0.29, 0.717) is 5.02 Å². The van der Waals surface area contributed by atoms with Gasteiger partial charge in [0.15, 0.2) is 0 Å². The molecule has 1 heterocycles. The Kier molecular flexibility index (Phi) is 3.13. The quantitative estimate of drug-likeness (QED) is 0.766. The van der Waals surface area contributed by atoms with E-state index in [2.05, 4.69) is 13.8 Å². The van der Waals surface area contributed by atoms with Crippen molar-refractivity contribution in [2.24, 2.45) is 0 Å². The zero-order valence-corrected chi connectivity index (χ0v) is 10.7. The molecule has 2 nitrogen and oxygen atoms in total. The summed E-state index contributed by atoms with van der Waals surface area (Å²) in [6.07, 6.45) is 1.67. The molecule has 3 heteroatoms. The van der Waals surface area contributed by atoms with Crippen LogP contribution in [-0.4, -0.2) is 5.79 Å². The van der Waals surface area contributed by atoms with Crippen molar-refractivity contribution < 1.29 is 9.47 Å². The summed E-state index contributed by atoms with van der Waals surface area (Å²) in [5.74, 6) is 0.267. The summed E-state index contributed by atoms with van der Waals surface area (Å²) in [6.45, 7) is 6.17. The first kappa shape index (κ1) is 11.7. The predicted octanol–water partition coefficient (Wildman–Crippen LogP) is 4.33. The summed E-state index contributed by atoms with van der Waals surface area (Å²) in [6, 6.07) is 5.78. The Morgan fingerprint density at radius 1 is 1.31 bits per heavy atom. The van der Waals surface area contributed by atoms with Crippen LogP contribution in [0.5, 0.6) is 5.75 Å². The standard InChI is InChI=1S/C13H17ClO2/c1-4-13(5-2)15-9(3)10-7-6-8-11(14)12(10)16-13/h6-9H,4-5H2,1-3H3/t9-/m1/s1. The van der Waals surface area contributed by atoms with Crippen LogP contribution in [0.25, 0.3) is 0 Å². The highest BCUT2D eigenvalue weighted by atomic mass is 35.5. The third kappa shape index (κ3) is 1.80. The van der Waals surface area contributed by atoms with Crippen LogP contribution in [0.4, 0.5) is 0 Å². The van der Waals surface area contributed by atoms with Gasteiger partial charge < -0.3 is 9.47 Å². The molecule has 2 rings (SSSR count). The smallest absolute Gasteiger partial charge is 0.210 e. The molecule has 0 aromatic heterocycles. The second-order valence-corrected chi connectivity index (χ2v) is 4.55. The Morgan fingerprint density at radius 3 is 2.62 bits per heavy atom. The molecule has 0 fully saturated rings. The Bertz CT molecular complexity index is 386. The number of fused-ring (bicyclic) bond motifs is 1. The van der Waals surface area contributed by atoms with Gasteiger partial charge in [-0.05, 0) is 13.0 Å². The number of ether oxygens (including phenoxy) is 2. The maximum Gasteiger partial charge on any atom is 0.210 e. The van der Waals surface area contributed by atoms with Crippen LogP contribution in [0.15, 0.2) is 18.2 Å². The monoisotopic (exact) mass is 240 g/mol. The largest absolute Gasteiger partial charge is 0.460 e. The summed E-state index contributed by atoms with van der Waals surface area (Å²) >= 11 is 6.17. The molecule has 0 spiro atoms. The lowest BCUT2D eigenvalue weighted by atomic mass is 10.0. The highest BCUT2D eigenvalue weighted by Gasteiger charge is 2.38. The summed E-state index contributed by atoms with van der Waals surface area (Å²) in [7, 11) is 0. The van der Waals surface area contributed by atoms with E-state index in [1.165, 1.54) is 0 Å². The topological polar surface area (TPSA) is 18.5 Å². The molecule has 0 amide bonds. The lowest BCUT2D eigenvalue weighted by Crippen LogP contribution is -2.42. The summed E-state index contributed by atoms with van der Waals surface area (Å²) < 4.78 is 11.9. The Hall–Kier alpha value is -0.730. The Balaban J connectivity index is 2.45. The molecular formula is C13H17ClO2. The Labute approximate surface area is 102 Å². The van der Waals surface area contributed by atoms with Crippen molar-refractivity contribution in [2.75, 3.05) is 0 Å². The molecule has 0 aliphatic carbocycles. The minimum atomic E-state index is -0.516. The summed E-state index contributed by atoms with van der Waals surface area (Å²) in [5, 5.41) is 0.666. The molecule has 1 atom stereocenters. The fourth-order valence-electron chi connectivity index (χ4n) is 2.11. The molecule has 0 bridgehead atoms. The van der Waals surface area contributed by atoms with Crippen LogP contribution in [0.2, 0.25) is 5.02 Å². The van der Waals surface area contributed by atoms with Gasteiger partial charge in [0.2, 0.25) is 5.79 Å². The number of para-hydroxylation sites is 1. The van der Waals surface area contributed by atoms with Crippen LogP contribution in [0.3, 0.4) is 0 Å². The van der Waals surface area contributed by atoms with Gasteiger partial charge in [0.05, 0.1) is 11.1 Å². The number of halogens is 1. The van der Waals surface area contributed by atoms with Crippen LogP contribution < -0.4 is 4.74 Å². The van der Waals surface area contributed by atoms with E-state index in [0.717, 1.165) is 24.2 Å². The molecule has 0 unspecified atom stereocenters. The van der Waals surface area contributed by atoms with Crippen LogP contribution in [-0.2, 0) is 4.74 Å². The van der Waals surface area contributed by atoms with Crippen LogP contribution in [0, 0.1) is 0 Å². The molecule has 1 aromatic carbocycles. The van der Waals surface area contributed by atoms with Crippen molar-refractivity contribution in [3.8, 4) is 5.75 Å². The van der Waals surface area contributed by atoms with Gasteiger partial charge in [0, 0.05) is 18.4 Å². The maximum absolute atomic E-state index is 6.17.